The highest BCUT2D eigenvalue weighted by atomic mass is 16.3. The van der Waals surface area contributed by atoms with Gasteiger partial charge in [0.05, 0.1) is 17.5 Å². The summed E-state index contributed by atoms with van der Waals surface area (Å²) in [5.41, 5.74) is 14.2. The molecule has 3 heteroatoms. The Morgan fingerprint density at radius 2 is 1.57 bits per heavy atom. The van der Waals surface area contributed by atoms with Gasteiger partial charge >= 0.3 is 0 Å². The Morgan fingerprint density at radius 3 is 2.36 bits per heavy atom. The predicted molar refractivity (Wildman–Crippen MR) is 177 cm³/mol. The lowest BCUT2D eigenvalue weighted by atomic mass is 9.78. The minimum Gasteiger partial charge on any atom is -0.456 e. The molecule has 4 aromatic carbocycles. The monoisotopic (exact) mass is 546 g/mol. The third kappa shape index (κ3) is 4.28. The molecule has 0 bridgehead atoms. The van der Waals surface area contributed by atoms with Crippen LogP contribution >= 0.6 is 0 Å². The third-order valence-electron chi connectivity index (χ3n) is 8.98. The van der Waals surface area contributed by atoms with Gasteiger partial charge in [-0.15, -0.1) is 0 Å². The number of hydrogen-bond acceptors (Lipinski definition) is 3. The zero-order valence-electron chi connectivity index (χ0n) is 24.3. The average Bonchev–Trinajstić information content (AvgIpc) is 3.35. The molecule has 3 heterocycles. The molecule has 0 fully saturated rings. The first kappa shape index (κ1) is 26.2. The van der Waals surface area contributed by atoms with Gasteiger partial charge in [-0.2, -0.15) is 0 Å². The second-order valence-electron chi connectivity index (χ2n) is 11.6. The van der Waals surface area contributed by atoms with E-state index >= 15 is 0 Å². The lowest BCUT2D eigenvalue weighted by Crippen LogP contribution is -2.27. The topological polar surface area (TPSA) is 37.9 Å². The molecule has 1 aromatic heterocycles. The number of rotatable bonds is 3. The highest BCUT2D eigenvalue weighted by Gasteiger charge is 2.31. The number of aliphatic imine (C=N–C) groups is 2. The summed E-state index contributed by atoms with van der Waals surface area (Å²) in [5.74, 6) is 0.265. The second-order valence-corrected chi connectivity index (χ2v) is 11.6. The number of benzene rings is 4. The molecule has 2 atom stereocenters. The van der Waals surface area contributed by atoms with Crippen molar-refractivity contribution in [1.29, 1.82) is 0 Å². The molecule has 206 valence electrons. The number of aryl methyl sites for hydroxylation is 3. The Bertz CT molecular complexity index is 1980. The molecule has 0 radical (unpaired) electrons. The van der Waals surface area contributed by atoms with Crippen LogP contribution in [0.2, 0.25) is 0 Å². The van der Waals surface area contributed by atoms with Crippen molar-refractivity contribution in [3.63, 3.8) is 0 Å². The van der Waals surface area contributed by atoms with Crippen LogP contribution in [-0.4, -0.2) is 17.5 Å². The molecular weight excluding hydrogens is 512 g/mol. The van der Waals surface area contributed by atoms with E-state index in [1.807, 2.05) is 12.2 Å². The maximum Gasteiger partial charge on any atom is 0.136 e. The third-order valence-corrected chi connectivity index (χ3v) is 8.98. The van der Waals surface area contributed by atoms with Gasteiger partial charge in [0.25, 0.3) is 0 Å². The van der Waals surface area contributed by atoms with Crippen LogP contribution in [0.25, 0.3) is 33.1 Å². The molecule has 2 unspecified atom stereocenters. The summed E-state index contributed by atoms with van der Waals surface area (Å²) in [5, 5.41) is 2.20. The Balaban J connectivity index is 1.37. The Hall–Kier alpha value is -4.76. The van der Waals surface area contributed by atoms with E-state index in [-0.39, 0.29) is 12.0 Å². The fourth-order valence-corrected chi connectivity index (χ4v) is 7.02. The molecule has 2 aliphatic heterocycles. The Labute approximate surface area is 247 Å². The minimum absolute atomic E-state index is 0.0648. The van der Waals surface area contributed by atoms with Gasteiger partial charge in [-0.1, -0.05) is 68.3 Å². The van der Waals surface area contributed by atoms with E-state index in [0.29, 0.717) is 6.42 Å². The summed E-state index contributed by atoms with van der Waals surface area (Å²) in [6.45, 7) is 16.9. The van der Waals surface area contributed by atoms with Crippen molar-refractivity contribution in [2.45, 2.75) is 45.1 Å². The van der Waals surface area contributed by atoms with Crippen molar-refractivity contribution in [2.24, 2.45) is 9.98 Å². The molecule has 0 amide bonds. The van der Waals surface area contributed by atoms with Crippen molar-refractivity contribution in [2.75, 3.05) is 0 Å². The quantitative estimate of drug-likeness (QED) is 0.222. The van der Waals surface area contributed by atoms with E-state index < -0.39 is 0 Å². The van der Waals surface area contributed by atoms with Crippen LogP contribution in [0.3, 0.4) is 0 Å². The lowest BCUT2D eigenvalue weighted by Gasteiger charge is -2.32. The summed E-state index contributed by atoms with van der Waals surface area (Å²) in [7, 11) is 0. The number of fused-ring (bicyclic) bond motifs is 7. The lowest BCUT2D eigenvalue weighted by molar-refractivity contribution is 0.490. The molecule has 2 aliphatic rings. The molecule has 0 aliphatic carbocycles. The van der Waals surface area contributed by atoms with E-state index in [1.54, 1.807) is 0 Å². The fourth-order valence-electron chi connectivity index (χ4n) is 7.02. The number of allylic oxidation sites excluding steroid dienone is 2. The summed E-state index contributed by atoms with van der Waals surface area (Å²) >= 11 is 0. The first-order valence-electron chi connectivity index (χ1n) is 14.7. The molecular formula is C39H34N2O. The first-order valence-corrected chi connectivity index (χ1v) is 14.7. The summed E-state index contributed by atoms with van der Waals surface area (Å²) in [6.07, 6.45) is 6.26. The smallest absolute Gasteiger partial charge is 0.136 e. The van der Waals surface area contributed by atoms with Crippen molar-refractivity contribution >= 4 is 33.4 Å². The molecule has 42 heavy (non-hydrogen) atoms. The molecule has 0 spiro atoms. The van der Waals surface area contributed by atoms with Crippen LogP contribution in [0, 0.1) is 13.8 Å². The van der Waals surface area contributed by atoms with Gasteiger partial charge in [-0.25, -0.2) is 0 Å². The molecule has 0 saturated heterocycles. The maximum atomic E-state index is 6.55. The second kappa shape index (κ2) is 10.3. The summed E-state index contributed by atoms with van der Waals surface area (Å²) in [6, 6.07) is 26.2. The fraction of sp³-hybridized carbons (Fsp3) is 0.179. The molecule has 0 saturated carbocycles. The zero-order chi connectivity index (χ0) is 29.0. The number of hydrogen-bond donors (Lipinski definition) is 0. The van der Waals surface area contributed by atoms with Crippen molar-refractivity contribution in [3.8, 4) is 11.1 Å². The predicted octanol–water partition coefficient (Wildman–Crippen LogP) is 9.84. The minimum atomic E-state index is 0.0648. The van der Waals surface area contributed by atoms with E-state index in [0.717, 1.165) is 57.5 Å². The molecule has 7 rings (SSSR count). The van der Waals surface area contributed by atoms with Crippen LogP contribution in [0.15, 0.2) is 125 Å². The zero-order valence-corrected chi connectivity index (χ0v) is 24.3. The largest absolute Gasteiger partial charge is 0.456 e. The van der Waals surface area contributed by atoms with Gasteiger partial charge in [0.1, 0.15) is 11.2 Å². The summed E-state index contributed by atoms with van der Waals surface area (Å²) in [4.78, 5) is 10.2. The normalized spacial score (nSPS) is 19.7. The van der Waals surface area contributed by atoms with E-state index in [4.69, 9.17) is 14.4 Å². The maximum absolute atomic E-state index is 6.55. The highest BCUT2D eigenvalue weighted by Crippen LogP contribution is 2.40. The van der Waals surface area contributed by atoms with Gasteiger partial charge in [0.2, 0.25) is 0 Å². The van der Waals surface area contributed by atoms with Crippen LogP contribution in [0.4, 0.5) is 0 Å². The van der Waals surface area contributed by atoms with E-state index in [9.17, 15) is 0 Å². The average molecular weight is 547 g/mol. The van der Waals surface area contributed by atoms with E-state index in [2.05, 4.69) is 106 Å². The van der Waals surface area contributed by atoms with Gasteiger partial charge in [-0.05, 0) is 96.5 Å². The summed E-state index contributed by atoms with van der Waals surface area (Å²) < 4.78 is 6.55. The van der Waals surface area contributed by atoms with Gasteiger partial charge in [-0.3, -0.25) is 9.98 Å². The Morgan fingerprint density at radius 1 is 0.810 bits per heavy atom. The SMILES string of the molecule is C=CC1=NC2CC(=C)/N=C(/C=C)c3cc4c(cc3CCC2c2ccccc21)oc1cc(-c2c(C)cccc2C)ccc14. The van der Waals surface area contributed by atoms with Gasteiger partial charge in [0, 0.05) is 39.9 Å². The number of nitrogens with zero attached hydrogens (tertiary/aromatic N) is 2. The molecule has 0 N–H and O–H groups in total. The van der Waals surface area contributed by atoms with Crippen LogP contribution < -0.4 is 0 Å². The first-order chi connectivity index (χ1) is 20.4. The van der Waals surface area contributed by atoms with Gasteiger partial charge < -0.3 is 4.42 Å². The van der Waals surface area contributed by atoms with E-state index in [1.165, 1.54) is 38.9 Å². The van der Waals surface area contributed by atoms with Gasteiger partial charge in [0.15, 0.2) is 0 Å². The molecule has 5 aromatic rings. The standard InChI is InChI=1S/C39H34N2O/c1-6-34-29-14-9-8-13-28(29)30-17-15-26-20-38-33(22-32(26)35(7-2)40-25(5)19-36(30)41-34)31-18-16-27(21-37(31)42-38)39-23(3)11-10-12-24(39)4/h6-14,16,18,20-22,30,36H,1-2,5,15,17,19H2,3-4H3/b40-35-. The van der Waals surface area contributed by atoms with Crippen molar-refractivity contribution in [1.82, 2.24) is 0 Å². The highest BCUT2D eigenvalue weighted by molar-refractivity contribution is 6.15. The molecule has 3 nitrogen and oxygen atoms in total. The number of furan rings is 1. The van der Waals surface area contributed by atoms with Crippen LogP contribution in [0.5, 0.6) is 0 Å². The van der Waals surface area contributed by atoms with Crippen molar-refractivity contribution in [3.05, 3.63) is 144 Å². The van der Waals surface area contributed by atoms with Crippen LogP contribution in [-0.2, 0) is 6.42 Å². The van der Waals surface area contributed by atoms with Crippen LogP contribution in [0.1, 0.15) is 52.1 Å². The Kier molecular flexibility index (Phi) is 6.39. The van der Waals surface area contributed by atoms with Crippen molar-refractivity contribution < 1.29 is 4.42 Å².